The molecule has 1 amide bonds. The number of carbonyl (C=O) groups excluding carboxylic acids is 1. The minimum Gasteiger partial charge on any atom is -0.480 e. The second-order valence-electron chi connectivity index (χ2n) is 6.26. The zero-order chi connectivity index (χ0) is 14.0. The van der Waals surface area contributed by atoms with Crippen molar-refractivity contribution >= 4 is 11.9 Å². The van der Waals surface area contributed by atoms with E-state index in [0.717, 1.165) is 12.8 Å². The van der Waals surface area contributed by atoms with Gasteiger partial charge >= 0.3 is 5.97 Å². The largest absolute Gasteiger partial charge is 0.480 e. The molecule has 1 aliphatic rings. The summed E-state index contributed by atoms with van der Waals surface area (Å²) in [6.07, 6.45) is 2.06. The van der Waals surface area contributed by atoms with Gasteiger partial charge in [-0.2, -0.15) is 0 Å². The number of amides is 1. The van der Waals surface area contributed by atoms with E-state index in [2.05, 4.69) is 10.6 Å². The Kier molecular flexibility index (Phi) is 4.37. The lowest BCUT2D eigenvalue weighted by molar-refractivity contribution is -0.147. The van der Waals surface area contributed by atoms with Gasteiger partial charge in [-0.15, -0.1) is 0 Å². The summed E-state index contributed by atoms with van der Waals surface area (Å²) in [6.45, 7) is 8.22. The SMILES string of the molecule is CC(C)(C)NCCC(=O)NC(C)(C(=O)O)C1CC1. The van der Waals surface area contributed by atoms with Gasteiger partial charge in [-0.3, -0.25) is 4.79 Å². The van der Waals surface area contributed by atoms with E-state index in [0.29, 0.717) is 13.0 Å². The third kappa shape index (κ3) is 4.29. The molecule has 1 saturated carbocycles. The summed E-state index contributed by atoms with van der Waals surface area (Å²) in [5.74, 6) is -1.07. The minimum absolute atomic E-state index is 0.0348. The van der Waals surface area contributed by atoms with Crippen LogP contribution in [-0.2, 0) is 9.59 Å². The molecule has 0 aromatic heterocycles. The first-order chi connectivity index (χ1) is 8.15. The molecule has 1 atom stereocenters. The summed E-state index contributed by atoms with van der Waals surface area (Å²) in [5, 5.41) is 15.1. The second kappa shape index (κ2) is 5.26. The van der Waals surface area contributed by atoms with Crippen molar-refractivity contribution in [2.75, 3.05) is 6.54 Å². The molecular weight excluding hydrogens is 232 g/mol. The third-order valence-electron chi connectivity index (χ3n) is 3.24. The fourth-order valence-electron chi connectivity index (χ4n) is 1.89. The lowest BCUT2D eigenvalue weighted by Crippen LogP contribution is -2.54. The monoisotopic (exact) mass is 256 g/mol. The van der Waals surface area contributed by atoms with E-state index in [1.54, 1.807) is 6.92 Å². The molecular formula is C13H24N2O3. The average Bonchev–Trinajstić information content (AvgIpc) is 2.97. The Morgan fingerprint density at radius 3 is 2.17 bits per heavy atom. The molecule has 1 unspecified atom stereocenters. The average molecular weight is 256 g/mol. The number of carboxylic acids is 1. The molecule has 1 rings (SSSR count). The van der Waals surface area contributed by atoms with Gasteiger partial charge < -0.3 is 15.7 Å². The first kappa shape index (κ1) is 15.0. The third-order valence-corrected chi connectivity index (χ3v) is 3.24. The van der Waals surface area contributed by atoms with Crippen LogP contribution in [0.1, 0.15) is 47.0 Å². The maximum atomic E-state index is 11.8. The van der Waals surface area contributed by atoms with E-state index >= 15 is 0 Å². The topological polar surface area (TPSA) is 78.4 Å². The quantitative estimate of drug-likeness (QED) is 0.666. The summed E-state index contributed by atoms with van der Waals surface area (Å²) < 4.78 is 0. The Bertz CT molecular complexity index is 332. The maximum Gasteiger partial charge on any atom is 0.329 e. The van der Waals surface area contributed by atoms with E-state index in [-0.39, 0.29) is 17.4 Å². The van der Waals surface area contributed by atoms with Crippen LogP contribution in [0.5, 0.6) is 0 Å². The van der Waals surface area contributed by atoms with Crippen molar-refractivity contribution in [1.82, 2.24) is 10.6 Å². The van der Waals surface area contributed by atoms with Crippen molar-refractivity contribution in [3.63, 3.8) is 0 Å². The Balaban J connectivity index is 2.41. The molecule has 5 nitrogen and oxygen atoms in total. The Hall–Kier alpha value is -1.10. The van der Waals surface area contributed by atoms with Crippen LogP contribution < -0.4 is 10.6 Å². The van der Waals surface area contributed by atoms with Gasteiger partial charge in [0.2, 0.25) is 5.91 Å². The van der Waals surface area contributed by atoms with Gasteiger partial charge in [-0.05, 0) is 46.5 Å². The smallest absolute Gasteiger partial charge is 0.329 e. The fourth-order valence-corrected chi connectivity index (χ4v) is 1.89. The molecule has 18 heavy (non-hydrogen) atoms. The summed E-state index contributed by atoms with van der Waals surface area (Å²) in [5.41, 5.74) is -1.13. The lowest BCUT2D eigenvalue weighted by Gasteiger charge is -2.26. The molecule has 0 heterocycles. The van der Waals surface area contributed by atoms with Crippen molar-refractivity contribution in [3.05, 3.63) is 0 Å². The van der Waals surface area contributed by atoms with Crippen molar-refractivity contribution in [1.29, 1.82) is 0 Å². The first-order valence-electron chi connectivity index (χ1n) is 6.44. The molecule has 0 spiro atoms. The number of carbonyl (C=O) groups is 2. The van der Waals surface area contributed by atoms with Gasteiger partial charge in [-0.25, -0.2) is 4.79 Å². The van der Waals surface area contributed by atoms with Crippen LogP contribution in [0.15, 0.2) is 0 Å². The van der Waals surface area contributed by atoms with Crippen LogP contribution in [-0.4, -0.2) is 34.6 Å². The molecule has 1 fully saturated rings. The Morgan fingerprint density at radius 1 is 1.22 bits per heavy atom. The number of hydrogen-bond donors (Lipinski definition) is 3. The first-order valence-corrected chi connectivity index (χ1v) is 6.44. The molecule has 0 radical (unpaired) electrons. The van der Waals surface area contributed by atoms with E-state index in [4.69, 9.17) is 0 Å². The van der Waals surface area contributed by atoms with Crippen LogP contribution in [0.3, 0.4) is 0 Å². The van der Waals surface area contributed by atoms with Gasteiger partial charge in [0, 0.05) is 18.5 Å². The van der Waals surface area contributed by atoms with Gasteiger partial charge in [0.05, 0.1) is 0 Å². The highest BCUT2D eigenvalue weighted by Crippen LogP contribution is 2.39. The highest BCUT2D eigenvalue weighted by molar-refractivity contribution is 5.87. The molecule has 0 aliphatic heterocycles. The van der Waals surface area contributed by atoms with Crippen molar-refractivity contribution in [2.24, 2.45) is 5.92 Å². The predicted molar refractivity (Wildman–Crippen MR) is 69.3 cm³/mol. The second-order valence-corrected chi connectivity index (χ2v) is 6.26. The van der Waals surface area contributed by atoms with Gasteiger partial charge in [0.1, 0.15) is 5.54 Å². The number of aliphatic carboxylic acids is 1. The molecule has 0 bridgehead atoms. The van der Waals surface area contributed by atoms with Crippen LogP contribution in [0.25, 0.3) is 0 Å². The van der Waals surface area contributed by atoms with E-state index in [1.165, 1.54) is 0 Å². The molecule has 104 valence electrons. The van der Waals surface area contributed by atoms with Gasteiger partial charge in [0.25, 0.3) is 0 Å². The summed E-state index contributed by atoms with van der Waals surface area (Å²) in [4.78, 5) is 23.0. The molecule has 0 aromatic carbocycles. The molecule has 0 saturated heterocycles. The summed E-state index contributed by atoms with van der Waals surface area (Å²) in [6, 6.07) is 0. The summed E-state index contributed by atoms with van der Waals surface area (Å²) in [7, 11) is 0. The molecule has 1 aliphatic carbocycles. The summed E-state index contributed by atoms with van der Waals surface area (Å²) >= 11 is 0. The zero-order valence-corrected chi connectivity index (χ0v) is 11.7. The van der Waals surface area contributed by atoms with Crippen molar-refractivity contribution < 1.29 is 14.7 Å². The zero-order valence-electron chi connectivity index (χ0n) is 11.7. The number of rotatable bonds is 6. The highest BCUT2D eigenvalue weighted by Gasteiger charge is 2.48. The number of carboxylic acid groups (broad SMARTS) is 1. The normalized spacial score (nSPS) is 19.1. The number of hydrogen-bond acceptors (Lipinski definition) is 3. The highest BCUT2D eigenvalue weighted by atomic mass is 16.4. The molecule has 0 aromatic rings. The Morgan fingerprint density at radius 2 is 1.78 bits per heavy atom. The fraction of sp³-hybridized carbons (Fsp3) is 0.846. The molecule has 5 heteroatoms. The maximum absolute atomic E-state index is 11.8. The van der Waals surface area contributed by atoms with Gasteiger partial charge in [-0.1, -0.05) is 0 Å². The molecule has 3 N–H and O–H groups in total. The lowest BCUT2D eigenvalue weighted by atomic mass is 9.96. The van der Waals surface area contributed by atoms with Crippen LogP contribution in [0.4, 0.5) is 0 Å². The van der Waals surface area contributed by atoms with Crippen LogP contribution in [0.2, 0.25) is 0 Å². The van der Waals surface area contributed by atoms with E-state index < -0.39 is 11.5 Å². The standard InChI is InChI=1S/C13H24N2O3/c1-12(2,3)14-8-7-10(16)15-13(4,11(17)18)9-5-6-9/h9,14H,5-8H2,1-4H3,(H,15,16)(H,17,18). The van der Waals surface area contributed by atoms with Crippen molar-refractivity contribution in [2.45, 2.75) is 58.0 Å². The van der Waals surface area contributed by atoms with Crippen LogP contribution in [0, 0.1) is 5.92 Å². The van der Waals surface area contributed by atoms with Gasteiger partial charge in [0.15, 0.2) is 0 Å². The number of nitrogens with one attached hydrogen (secondary N) is 2. The van der Waals surface area contributed by atoms with Crippen LogP contribution >= 0.6 is 0 Å². The Labute approximate surface area is 108 Å². The van der Waals surface area contributed by atoms with E-state index in [1.807, 2.05) is 20.8 Å². The van der Waals surface area contributed by atoms with E-state index in [9.17, 15) is 14.7 Å². The predicted octanol–water partition coefficient (Wildman–Crippen LogP) is 1.13. The van der Waals surface area contributed by atoms with Crippen molar-refractivity contribution in [3.8, 4) is 0 Å². The minimum atomic E-state index is -1.10.